The van der Waals surface area contributed by atoms with Crippen LogP contribution in [-0.2, 0) is 4.79 Å². The lowest BCUT2D eigenvalue weighted by atomic mass is 10.0. The molecule has 24 heavy (non-hydrogen) atoms. The molecule has 1 fully saturated rings. The van der Waals surface area contributed by atoms with E-state index in [0.29, 0.717) is 11.6 Å². The molecule has 1 aliphatic rings. The minimum absolute atomic E-state index is 0.128. The highest BCUT2D eigenvalue weighted by molar-refractivity contribution is 5.98. The van der Waals surface area contributed by atoms with Crippen molar-refractivity contribution < 1.29 is 22.8 Å². The standard InChI is InChI=1S/C17H13F3N2O2/c18-12-7-6-11(13(19)14(12)20)17(24)22-9-8-21-16(23)15(22)10-4-2-1-3-5-10/h1-7,15H,8-9H2,(H,21,23). The van der Waals surface area contributed by atoms with Crippen LogP contribution in [0, 0.1) is 17.5 Å². The summed E-state index contributed by atoms with van der Waals surface area (Å²) in [5.74, 6) is -5.92. The molecule has 0 aromatic heterocycles. The Morgan fingerprint density at radius 2 is 1.75 bits per heavy atom. The lowest BCUT2D eigenvalue weighted by Crippen LogP contribution is -2.52. The number of nitrogens with zero attached hydrogens (tertiary/aromatic N) is 1. The smallest absolute Gasteiger partial charge is 0.257 e. The van der Waals surface area contributed by atoms with Crippen LogP contribution in [0.25, 0.3) is 0 Å². The van der Waals surface area contributed by atoms with E-state index in [0.717, 1.165) is 11.0 Å². The Labute approximate surface area is 135 Å². The van der Waals surface area contributed by atoms with Gasteiger partial charge in [-0.3, -0.25) is 9.59 Å². The van der Waals surface area contributed by atoms with E-state index in [4.69, 9.17) is 0 Å². The molecule has 1 unspecified atom stereocenters. The number of carbonyl (C=O) groups excluding carboxylic acids is 2. The molecule has 0 spiro atoms. The Hall–Kier alpha value is -2.83. The van der Waals surface area contributed by atoms with Gasteiger partial charge in [0.25, 0.3) is 5.91 Å². The molecule has 1 heterocycles. The van der Waals surface area contributed by atoms with Crippen LogP contribution in [0.2, 0.25) is 0 Å². The number of hydrogen-bond donors (Lipinski definition) is 1. The maximum absolute atomic E-state index is 13.9. The van der Waals surface area contributed by atoms with Crippen molar-refractivity contribution in [1.29, 1.82) is 0 Å². The summed E-state index contributed by atoms with van der Waals surface area (Å²) >= 11 is 0. The lowest BCUT2D eigenvalue weighted by Gasteiger charge is -2.35. The van der Waals surface area contributed by atoms with Crippen LogP contribution in [0.4, 0.5) is 13.2 Å². The normalized spacial score (nSPS) is 17.5. The van der Waals surface area contributed by atoms with Crippen molar-refractivity contribution in [1.82, 2.24) is 10.2 Å². The van der Waals surface area contributed by atoms with Crippen LogP contribution in [0.3, 0.4) is 0 Å². The van der Waals surface area contributed by atoms with Crippen molar-refractivity contribution in [3.8, 4) is 0 Å². The molecule has 1 aliphatic heterocycles. The Bertz CT molecular complexity index is 796. The molecule has 4 nitrogen and oxygen atoms in total. The fourth-order valence-corrected chi connectivity index (χ4v) is 2.70. The van der Waals surface area contributed by atoms with Crippen molar-refractivity contribution in [2.24, 2.45) is 0 Å². The predicted octanol–water partition coefficient (Wildman–Crippen LogP) is 2.42. The Kier molecular flexibility index (Phi) is 4.24. The Balaban J connectivity index is 2.01. The zero-order valence-electron chi connectivity index (χ0n) is 12.4. The predicted molar refractivity (Wildman–Crippen MR) is 79.5 cm³/mol. The van der Waals surface area contributed by atoms with E-state index in [-0.39, 0.29) is 13.1 Å². The van der Waals surface area contributed by atoms with Gasteiger partial charge in [0.2, 0.25) is 5.91 Å². The average Bonchev–Trinajstić information content (AvgIpc) is 2.60. The van der Waals surface area contributed by atoms with E-state index >= 15 is 0 Å². The van der Waals surface area contributed by atoms with Crippen molar-refractivity contribution in [2.45, 2.75) is 6.04 Å². The van der Waals surface area contributed by atoms with Crippen molar-refractivity contribution in [2.75, 3.05) is 13.1 Å². The van der Waals surface area contributed by atoms with E-state index in [1.165, 1.54) is 0 Å². The van der Waals surface area contributed by atoms with E-state index in [9.17, 15) is 22.8 Å². The average molecular weight is 334 g/mol. The number of rotatable bonds is 2. The molecular weight excluding hydrogens is 321 g/mol. The SMILES string of the molecule is O=C1NCCN(C(=O)c2ccc(F)c(F)c2F)C1c1ccccc1. The summed E-state index contributed by atoms with van der Waals surface area (Å²) in [5, 5.41) is 2.64. The molecule has 124 valence electrons. The minimum atomic E-state index is -1.71. The maximum Gasteiger partial charge on any atom is 0.257 e. The van der Waals surface area contributed by atoms with Crippen LogP contribution in [0.5, 0.6) is 0 Å². The van der Waals surface area contributed by atoms with E-state index in [2.05, 4.69) is 5.32 Å². The second-order valence-corrected chi connectivity index (χ2v) is 5.33. The fraction of sp³-hybridized carbons (Fsp3) is 0.176. The molecule has 2 aromatic rings. The largest absolute Gasteiger partial charge is 0.352 e. The van der Waals surface area contributed by atoms with E-state index < -0.39 is 40.9 Å². The summed E-state index contributed by atoms with van der Waals surface area (Å²) in [5.41, 5.74) is -0.0597. The van der Waals surface area contributed by atoms with Gasteiger partial charge in [0, 0.05) is 13.1 Å². The van der Waals surface area contributed by atoms with Crippen LogP contribution in [0.15, 0.2) is 42.5 Å². The summed E-state index contributed by atoms with van der Waals surface area (Å²) in [6.45, 7) is 0.321. The van der Waals surface area contributed by atoms with Crippen LogP contribution < -0.4 is 5.32 Å². The molecular formula is C17H13F3N2O2. The number of amides is 2. The van der Waals surface area contributed by atoms with Gasteiger partial charge < -0.3 is 10.2 Å². The number of nitrogens with one attached hydrogen (secondary N) is 1. The third-order valence-corrected chi connectivity index (χ3v) is 3.85. The lowest BCUT2D eigenvalue weighted by molar-refractivity contribution is -0.128. The van der Waals surface area contributed by atoms with Gasteiger partial charge in [-0.05, 0) is 17.7 Å². The molecule has 1 N–H and O–H groups in total. The molecule has 0 aliphatic carbocycles. The number of halogens is 3. The molecule has 1 atom stereocenters. The summed E-state index contributed by atoms with van der Waals surface area (Å²) in [6.07, 6.45) is 0. The maximum atomic E-state index is 13.9. The summed E-state index contributed by atoms with van der Waals surface area (Å²) < 4.78 is 40.4. The number of hydrogen-bond acceptors (Lipinski definition) is 2. The first-order chi connectivity index (χ1) is 11.5. The van der Waals surface area contributed by atoms with Gasteiger partial charge in [-0.2, -0.15) is 0 Å². The molecule has 2 amide bonds. The van der Waals surface area contributed by atoms with Gasteiger partial charge in [0.1, 0.15) is 6.04 Å². The third kappa shape index (κ3) is 2.73. The molecule has 0 saturated carbocycles. The summed E-state index contributed by atoms with van der Waals surface area (Å²) in [7, 11) is 0. The Morgan fingerprint density at radius 3 is 2.46 bits per heavy atom. The van der Waals surface area contributed by atoms with Gasteiger partial charge in [0.05, 0.1) is 5.56 Å². The third-order valence-electron chi connectivity index (χ3n) is 3.85. The second kappa shape index (κ2) is 6.35. The molecule has 0 bridgehead atoms. The summed E-state index contributed by atoms with van der Waals surface area (Å²) in [4.78, 5) is 26.0. The van der Waals surface area contributed by atoms with Gasteiger partial charge >= 0.3 is 0 Å². The molecule has 0 radical (unpaired) electrons. The van der Waals surface area contributed by atoms with Crippen molar-refractivity contribution in [3.63, 3.8) is 0 Å². The fourth-order valence-electron chi connectivity index (χ4n) is 2.70. The highest BCUT2D eigenvalue weighted by atomic mass is 19.2. The summed E-state index contributed by atoms with van der Waals surface area (Å²) in [6, 6.07) is 9.11. The number of piperazine rings is 1. The van der Waals surface area contributed by atoms with E-state index in [1.54, 1.807) is 30.3 Å². The molecule has 2 aromatic carbocycles. The van der Waals surface area contributed by atoms with Gasteiger partial charge in [-0.1, -0.05) is 30.3 Å². The quantitative estimate of drug-likeness (QED) is 0.858. The monoisotopic (exact) mass is 334 g/mol. The first kappa shape index (κ1) is 16.0. The minimum Gasteiger partial charge on any atom is -0.352 e. The van der Waals surface area contributed by atoms with Crippen LogP contribution in [0.1, 0.15) is 22.0 Å². The molecule has 1 saturated heterocycles. The zero-order chi connectivity index (χ0) is 17.3. The van der Waals surface area contributed by atoms with Crippen molar-refractivity contribution >= 4 is 11.8 Å². The highest BCUT2D eigenvalue weighted by Gasteiger charge is 2.36. The van der Waals surface area contributed by atoms with Crippen LogP contribution >= 0.6 is 0 Å². The van der Waals surface area contributed by atoms with Gasteiger partial charge in [-0.25, -0.2) is 13.2 Å². The van der Waals surface area contributed by atoms with E-state index in [1.807, 2.05) is 0 Å². The van der Waals surface area contributed by atoms with Gasteiger partial charge in [-0.15, -0.1) is 0 Å². The topological polar surface area (TPSA) is 49.4 Å². The Morgan fingerprint density at radius 1 is 1.04 bits per heavy atom. The number of benzene rings is 2. The van der Waals surface area contributed by atoms with Crippen molar-refractivity contribution in [3.05, 3.63) is 71.0 Å². The number of carbonyl (C=O) groups is 2. The van der Waals surface area contributed by atoms with Gasteiger partial charge in [0.15, 0.2) is 17.5 Å². The van der Waals surface area contributed by atoms with Crippen LogP contribution in [-0.4, -0.2) is 29.8 Å². The molecule has 3 rings (SSSR count). The zero-order valence-corrected chi connectivity index (χ0v) is 12.4. The highest BCUT2D eigenvalue weighted by Crippen LogP contribution is 2.26. The first-order valence-electron chi connectivity index (χ1n) is 7.28. The second-order valence-electron chi connectivity index (χ2n) is 5.33. The first-order valence-corrected chi connectivity index (χ1v) is 7.28. The molecule has 7 heteroatoms.